The molecular weight excluding hydrogens is 324 g/mol. The summed E-state index contributed by atoms with van der Waals surface area (Å²) in [5.41, 5.74) is 8.34. The summed E-state index contributed by atoms with van der Waals surface area (Å²) in [5, 5.41) is 8.83. The third-order valence-corrected chi connectivity index (χ3v) is 3.73. The molecule has 0 heterocycles. The van der Waals surface area contributed by atoms with E-state index in [4.69, 9.17) is 10.8 Å². The topological polar surface area (TPSA) is 63.3 Å². The third kappa shape index (κ3) is 3.86. The van der Waals surface area contributed by atoms with Gasteiger partial charge < -0.3 is 10.8 Å². The second kappa shape index (κ2) is 7.53. The van der Waals surface area contributed by atoms with Gasteiger partial charge in [-0.3, -0.25) is 4.79 Å². The number of hydrogen-bond acceptors (Lipinski definition) is 2. The van der Waals surface area contributed by atoms with Gasteiger partial charge in [0, 0.05) is 11.6 Å². The maximum absolute atomic E-state index is 14.1. The van der Waals surface area contributed by atoms with Crippen molar-refractivity contribution >= 4 is 18.4 Å². The molecule has 3 nitrogen and oxygen atoms in total. The first-order valence-corrected chi connectivity index (χ1v) is 6.84. The lowest BCUT2D eigenvalue weighted by Crippen LogP contribution is -2.19. The molecule has 0 aliphatic carbocycles. The Labute approximate surface area is 139 Å². The average molecular weight is 342 g/mol. The van der Waals surface area contributed by atoms with E-state index in [1.165, 1.54) is 0 Å². The molecular formula is C17H18ClF2NO2. The molecule has 2 aromatic rings. The van der Waals surface area contributed by atoms with E-state index in [-0.39, 0.29) is 18.0 Å². The van der Waals surface area contributed by atoms with Crippen LogP contribution in [0, 0.1) is 25.5 Å². The van der Waals surface area contributed by atoms with Crippen LogP contribution in [0.5, 0.6) is 0 Å². The highest BCUT2D eigenvalue weighted by Gasteiger charge is 2.23. The minimum atomic E-state index is -1.16. The fourth-order valence-electron chi connectivity index (χ4n) is 2.62. The van der Waals surface area contributed by atoms with Crippen LogP contribution in [0.2, 0.25) is 0 Å². The van der Waals surface area contributed by atoms with Crippen LogP contribution in [-0.2, 0) is 4.79 Å². The highest BCUT2D eigenvalue weighted by molar-refractivity contribution is 5.85. The molecule has 2 rings (SSSR count). The number of hydrogen-bond donors (Lipinski definition) is 2. The fourth-order valence-corrected chi connectivity index (χ4v) is 2.62. The Balaban J connectivity index is 0.00000264. The van der Waals surface area contributed by atoms with Crippen molar-refractivity contribution in [2.24, 2.45) is 5.73 Å². The Hall–Kier alpha value is -1.98. The summed E-state index contributed by atoms with van der Waals surface area (Å²) in [7, 11) is 0. The second-order valence-corrected chi connectivity index (χ2v) is 5.28. The summed E-state index contributed by atoms with van der Waals surface area (Å²) in [4.78, 5) is 10.8. The molecule has 1 unspecified atom stereocenters. The Kier molecular flexibility index (Phi) is 6.24. The number of carboxylic acid groups (broad SMARTS) is 1. The standard InChI is InChI=1S/C17H17F2NO2.ClH/c1-9-5-3-4-6-11(9)12-7-13(18)17(19)16(10(12)2)14(20)8-15(21)22;/h3-7,14H,8,20H2,1-2H3,(H,21,22);1H. The fraction of sp³-hybridized carbons (Fsp3) is 0.235. The van der Waals surface area contributed by atoms with Crippen molar-refractivity contribution in [3.8, 4) is 11.1 Å². The smallest absolute Gasteiger partial charge is 0.305 e. The molecule has 0 saturated heterocycles. The number of rotatable bonds is 4. The number of carboxylic acids is 1. The van der Waals surface area contributed by atoms with Gasteiger partial charge in [0.15, 0.2) is 11.6 Å². The Morgan fingerprint density at radius 3 is 2.39 bits per heavy atom. The summed E-state index contributed by atoms with van der Waals surface area (Å²) in [6, 6.07) is 7.36. The van der Waals surface area contributed by atoms with E-state index in [9.17, 15) is 13.6 Å². The molecule has 0 saturated carbocycles. The number of benzene rings is 2. The monoisotopic (exact) mass is 341 g/mol. The van der Waals surface area contributed by atoms with Crippen LogP contribution in [0.15, 0.2) is 30.3 Å². The van der Waals surface area contributed by atoms with Crippen molar-refractivity contribution in [2.45, 2.75) is 26.3 Å². The Morgan fingerprint density at radius 1 is 1.22 bits per heavy atom. The van der Waals surface area contributed by atoms with Crippen molar-refractivity contribution in [3.05, 3.63) is 58.7 Å². The molecule has 0 aliphatic rings. The first-order chi connectivity index (χ1) is 10.3. The molecule has 0 aliphatic heterocycles. The molecule has 6 heteroatoms. The van der Waals surface area contributed by atoms with Gasteiger partial charge in [0.2, 0.25) is 0 Å². The first kappa shape index (κ1) is 19.1. The number of halogens is 3. The molecule has 0 fully saturated rings. The number of carbonyl (C=O) groups is 1. The minimum absolute atomic E-state index is 0. The normalized spacial score (nSPS) is 11.7. The van der Waals surface area contributed by atoms with Gasteiger partial charge in [-0.15, -0.1) is 12.4 Å². The molecule has 23 heavy (non-hydrogen) atoms. The van der Waals surface area contributed by atoms with Crippen LogP contribution in [0.25, 0.3) is 11.1 Å². The van der Waals surface area contributed by atoms with Crippen molar-refractivity contribution in [3.63, 3.8) is 0 Å². The maximum atomic E-state index is 14.1. The quantitative estimate of drug-likeness (QED) is 0.878. The van der Waals surface area contributed by atoms with Crippen LogP contribution < -0.4 is 5.73 Å². The van der Waals surface area contributed by atoms with Crippen molar-refractivity contribution in [2.75, 3.05) is 0 Å². The predicted molar refractivity (Wildman–Crippen MR) is 87.7 cm³/mol. The van der Waals surface area contributed by atoms with Gasteiger partial charge in [-0.1, -0.05) is 24.3 Å². The van der Waals surface area contributed by atoms with E-state index in [2.05, 4.69) is 0 Å². The molecule has 3 N–H and O–H groups in total. The molecule has 124 valence electrons. The number of aryl methyl sites for hydroxylation is 1. The van der Waals surface area contributed by atoms with Crippen LogP contribution in [0.4, 0.5) is 8.78 Å². The number of nitrogens with two attached hydrogens (primary N) is 1. The molecule has 1 atom stereocenters. The summed E-state index contributed by atoms with van der Waals surface area (Å²) in [6.07, 6.45) is -0.464. The summed E-state index contributed by atoms with van der Waals surface area (Å²) < 4.78 is 28.1. The van der Waals surface area contributed by atoms with E-state index in [0.29, 0.717) is 11.1 Å². The van der Waals surface area contributed by atoms with Gasteiger partial charge in [0.1, 0.15) is 0 Å². The highest BCUT2D eigenvalue weighted by Crippen LogP contribution is 2.34. The summed E-state index contributed by atoms with van der Waals surface area (Å²) in [6.45, 7) is 3.49. The first-order valence-electron chi connectivity index (χ1n) is 6.84. The molecule has 0 amide bonds. The van der Waals surface area contributed by atoms with Gasteiger partial charge in [0.05, 0.1) is 6.42 Å². The average Bonchev–Trinajstić information content (AvgIpc) is 2.43. The zero-order valence-corrected chi connectivity index (χ0v) is 13.6. The zero-order valence-electron chi connectivity index (χ0n) is 12.8. The van der Waals surface area contributed by atoms with Crippen molar-refractivity contribution in [1.29, 1.82) is 0 Å². The molecule has 0 bridgehead atoms. The Morgan fingerprint density at radius 2 is 1.83 bits per heavy atom. The van der Waals surface area contributed by atoms with E-state index in [1.54, 1.807) is 13.0 Å². The Bertz CT molecular complexity index is 735. The van der Waals surface area contributed by atoms with E-state index < -0.39 is 30.1 Å². The van der Waals surface area contributed by atoms with Gasteiger partial charge in [-0.2, -0.15) is 0 Å². The van der Waals surface area contributed by atoms with Gasteiger partial charge in [0.25, 0.3) is 0 Å². The van der Waals surface area contributed by atoms with E-state index in [0.717, 1.165) is 17.2 Å². The van der Waals surface area contributed by atoms with Crippen LogP contribution in [0.1, 0.15) is 29.2 Å². The van der Waals surface area contributed by atoms with Gasteiger partial charge in [-0.05, 0) is 42.2 Å². The molecule has 0 spiro atoms. The maximum Gasteiger partial charge on any atom is 0.305 e. The van der Waals surface area contributed by atoms with Crippen molar-refractivity contribution in [1.82, 2.24) is 0 Å². The van der Waals surface area contributed by atoms with Crippen LogP contribution >= 0.6 is 12.4 Å². The van der Waals surface area contributed by atoms with Gasteiger partial charge >= 0.3 is 5.97 Å². The zero-order chi connectivity index (χ0) is 16.4. The predicted octanol–water partition coefficient (Wildman–Crippen LogP) is 4.14. The largest absolute Gasteiger partial charge is 0.481 e. The van der Waals surface area contributed by atoms with Crippen LogP contribution in [0.3, 0.4) is 0 Å². The SMILES string of the molecule is Cc1ccccc1-c1cc(F)c(F)c(C(N)CC(=O)O)c1C.Cl. The van der Waals surface area contributed by atoms with E-state index in [1.807, 2.05) is 25.1 Å². The lowest BCUT2D eigenvalue weighted by molar-refractivity contribution is -0.137. The highest BCUT2D eigenvalue weighted by atomic mass is 35.5. The summed E-state index contributed by atoms with van der Waals surface area (Å²) >= 11 is 0. The minimum Gasteiger partial charge on any atom is -0.481 e. The molecule has 2 aromatic carbocycles. The van der Waals surface area contributed by atoms with E-state index >= 15 is 0 Å². The lowest BCUT2D eigenvalue weighted by atomic mass is 9.89. The van der Waals surface area contributed by atoms with Crippen LogP contribution in [-0.4, -0.2) is 11.1 Å². The van der Waals surface area contributed by atoms with Crippen molar-refractivity contribution < 1.29 is 18.7 Å². The van der Waals surface area contributed by atoms with Gasteiger partial charge in [-0.25, -0.2) is 8.78 Å². The third-order valence-electron chi connectivity index (χ3n) is 3.73. The number of aliphatic carboxylic acids is 1. The summed E-state index contributed by atoms with van der Waals surface area (Å²) in [5.74, 6) is -3.27. The molecule has 0 radical (unpaired) electrons. The molecule has 0 aromatic heterocycles. The second-order valence-electron chi connectivity index (χ2n) is 5.28. The lowest BCUT2D eigenvalue weighted by Gasteiger charge is -2.19.